The average molecular weight is 458 g/mol. The van der Waals surface area contributed by atoms with E-state index >= 15 is 0 Å². The number of nitrogens with zero attached hydrogens (tertiary/aromatic N) is 4. The lowest BCUT2D eigenvalue weighted by Gasteiger charge is -2.11. The van der Waals surface area contributed by atoms with E-state index in [-0.39, 0.29) is 24.0 Å². The molecule has 2 rings (SSSR count). The van der Waals surface area contributed by atoms with E-state index in [9.17, 15) is 0 Å². The first-order valence-corrected chi connectivity index (χ1v) is 8.18. The number of nitrogens with one attached hydrogen (secondary N) is 2. The van der Waals surface area contributed by atoms with E-state index in [0.29, 0.717) is 6.54 Å². The molecule has 1 aromatic heterocycles. The molecule has 1 aromatic carbocycles. The molecular formula is C17H27IN6O. The highest BCUT2D eigenvalue weighted by atomic mass is 127. The van der Waals surface area contributed by atoms with Gasteiger partial charge in [-0.2, -0.15) is 5.10 Å². The van der Waals surface area contributed by atoms with Gasteiger partial charge in [0.25, 0.3) is 0 Å². The highest BCUT2D eigenvalue weighted by Crippen LogP contribution is 1.99. The molecule has 2 N–H and O–H groups in total. The number of hydrogen-bond acceptors (Lipinski definition) is 4. The van der Waals surface area contributed by atoms with Crippen molar-refractivity contribution in [3.8, 4) is 0 Å². The van der Waals surface area contributed by atoms with Crippen LogP contribution in [0.3, 0.4) is 0 Å². The molecule has 0 atom stereocenters. The van der Waals surface area contributed by atoms with Crippen LogP contribution in [0.5, 0.6) is 0 Å². The normalized spacial score (nSPS) is 11.0. The molecule has 7 nitrogen and oxygen atoms in total. The Labute approximate surface area is 166 Å². The van der Waals surface area contributed by atoms with Crippen molar-refractivity contribution in [3.05, 3.63) is 48.0 Å². The molecular weight excluding hydrogens is 431 g/mol. The lowest BCUT2D eigenvalue weighted by Crippen LogP contribution is -2.38. The van der Waals surface area contributed by atoms with Gasteiger partial charge in [-0.25, -0.2) is 4.98 Å². The van der Waals surface area contributed by atoms with Gasteiger partial charge in [0.05, 0.1) is 13.2 Å². The van der Waals surface area contributed by atoms with Crippen LogP contribution >= 0.6 is 24.0 Å². The van der Waals surface area contributed by atoms with Crippen molar-refractivity contribution in [1.82, 2.24) is 25.4 Å². The third kappa shape index (κ3) is 8.30. The summed E-state index contributed by atoms with van der Waals surface area (Å²) in [5.41, 5.74) is 1.31. The van der Waals surface area contributed by atoms with Crippen LogP contribution in [0.4, 0.5) is 0 Å². The van der Waals surface area contributed by atoms with E-state index in [1.807, 2.05) is 13.1 Å². The summed E-state index contributed by atoms with van der Waals surface area (Å²) in [7, 11) is 3.62. The molecule has 1 heterocycles. The zero-order chi connectivity index (χ0) is 17.0. The summed E-state index contributed by atoms with van der Waals surface area (Å²) in [6.07, 6.45) is 3.43. The van der Waals surface area contributed by atoms with Crippen molar-refractivity contribution in [1.29, 1.82) is 0 Å². The van der Waals surface area contributed by atoms with E-state index in [2.05, 4.69) is 50.0 Å². The van der Waals surface area contributed by atoms with Gasteiger partial charge in [0, 0.05) is 27.2 Å². The largest absolute Gasteiger partial charge is 0.381 e. The molecule has 0 bridgehead atoms. The Kier molecular flexibility index (Phi) is 10.8. The fourth-order valence-corrected chi connectivity index (χ4v) is 2.18. The lowest BCUT2D eigenvalue weighted by atomic mass is 10.2. The van der Waals surface area contributed by atoms with E-state index in [0.717, 1.165) is 44.4 Å². The molecule has 2 aromatic rings. The van der Waals surface area contributed by atoms with Crippen molar-refractivity contribution < 1.29 is 4.74 Å². The van der Waals surface area contributed by atoms with Crippen molar-refractivity contribution >= 4 is 29.9 Å². The number of rotatable bonds is 9. The molecule has 0 unspecified atom stereocenters. The Morgan fingerprint density at radius 2 is 2.00 bits per heavy atom. The smallest absolute Gasteiger partial charge is 0.191 e. The van der Waals surface area contributed by atoms with E-state index in [1.165, 1.54) is 5.56 Å². The molecule has 0 saturated heterocycles. The summed E-state index contributed by atoms with van der Waals surface area (Å²) < 4.78 is 7.40. The number of halogens is 1. The summed E-state index contributed by atoms with van der Waals surface area (Å²) in [6, 6.07) is 10.4. The second-order valence-electron chi connectivity index (χ2n) is 5.35. The molecule has 25 heavy (non-hydrogen) atoms. The number of aromatic nitrogens is 3. The standard InChI is InChI=1S/C17H26N6O.HI/c1-18-17(20-13-16-21-14-22-23(16)2)19-10-6-11-24-12-9-15-7-4-3-5-8-15;/h3-5,7-8,14H,6,9-13H2,1-2H3,(H2,18,19,20);1H. The SMILES string of the molecule is CN=C(NCCCOCCc1ccccc1)NCc1ncnn1C.I. The number of aliphatic imine (C=N–C) groups is 1. The Hall–Kier alpha value is -1.68. The first-order chi connectivity index (χ1) is 11.8. The maximum Gasteiger partial charge on any atom is 0.191 e. The van der Waals surface area contributed by atoms with Crippen molar-refractivity contribution in [2.24, 2.45) is 12.0 Å². The Bertz CT molecular complexity index is 617. The minimum absolute atomic E-state index is 0. The molecule has 0 saturated carbocycles. The molecule has 8 heteroatoms. The molecule has 0 fully saturated rings. The third-order valence-electron chi connectivity index (χ3n) is 3.58. The van der Waals surface area contributed by atoms with Crippen LogP contribution in [0.1, 0.15) is 17.8 Å². The second-order valence-corrected chi connectivity index (χ2v) is 5.35. The predicted octanol–water partition coefficient (Wildman–Crippen LogP) is 1.75. The summed E-state index contributed by atoms with van der Waals surface area (Å²) in [4.78, 5) is 8.35. The average Bonchev–Trinajstić information content (AvgIpc) is 3.02. The Balaban J connectivity index is 0.00000312. The van der Waals surface area contributed by atoms with Gasteiger partial charge in [-0.15, -0.1) is 24.0 Å². The van der Waals surface area contributed by atoms with Gasteiger partial charge in [0.1, 0.15) is 12.2 Å². The zero-order valence-corrected chi connectivity index (χ0v) is 17.1. The van der Waals surface area contributed by atoms with Crippen molar-refractivity contribution in [2.45, 2.75) is 19.4 Å². The first kappa shape index (κ1) is 21.4. The fraction of sp³-hybridized carbons (Fsp3) is 0.471. The van der Waals surface area contributed by atoms with Crippen LogP contribution in [-0.4, -0.2) is 47.5 Å². The predicted molar refractivity (Wildman–Crippen MR) is 110 cm³/mol. The van der Waals surface area contributed by atoms with Crippen molar-refractivity contribution in [3.63, 3.8) is 0 Å². The number of guanidine groups is 1. The summed E-state index contributed by atoms with van der Waals surface area (Å²) in [6.45, 7) is 2.89. The van der Waals surface area contributed by atoms with Gasteiger partial charge in [-0.3, -0.25) is 9.67 Å². The van der Waals surface area contributed by atoms with Crippen LogP contribution in [0.15, 0.2) is 41.7 Å². The van der Waals surface area contributed by atoms with Crippen LogP contribution in [0.2, 0.25) is 0 Å². The molecule has 138 valence electrons. The minimum Gasteiger partial charge on any atom is -0.381 e. The molecule has 0 aliphatic heterocycles. The van der Waals surface area contributed by atoms with Crippen LogP contribution in [-0.2, 0) is 24.8 Å². The number of ether oxygens (including phenoxy) is 1. The summed E-state index contributed by atoms with van der Waals surface area (Å²) >= 11 is 0. The number of benzene rings is 1. The van der Waals surface area contributed by atoms with Gasteiger partial charge in [-0.1, -0.05) is 30.3 Å². The molecule has 0 spiro atoms. The highest BCUT2D eigenvalue weighted by Gasteiger charge is 2.02. The summed E-state index contributed by atoms with van der Waals surface area (Å²) in [5, 5.41) is 10.5. The van der Waals surface area contributed by atoms with E-state index in [4.69, 9.17) is 4.74 Å². The topological polar surface area (TPSA) is 76.4 Å². The maximum absolute atomic E-state index is 5.67. The lowest BCUT2D eigenvalue weighted by molar-refractivity contribution is 0.135. The summed E-state index contributed by atoms with van der Waals surface area (Å²) in [5.74, 6) is 1.62. The van der Waals surface area contributed by atoms with E-state index < -0.39 is 0 Å². The number of aryl methyl sites for hydroxylation is 1. The van der Waals surface area contributed by atoms with E-state index in [1.54, 1.807) is 18.1 Å². The molecule has 0 amide bonds. The number of hydrogen-bond donors (Lipinski definition) is 2. The zero-order valence-electron chi connectivity index (χ0n) is 14.8. The van der Waals surface area contributed by atoms with Gasteiger partial charge < -0.3 is 15.4 Å². The monoisotopic (exact) mass is 458 g/mol. The van der Waals surface area contributed by atoms with Crippen LogP contribution in [0, 0.1) is 0 Å². The maximum atomic E-state index is 5.67. The van der Waals surface area contributed by atoms with Crippen LogP contribution < -0.4 is 10.6 Å². The van der Waals surface area contributed by atoms with Gasteiger partial charge in [-0.05, 0) is 18.4 Å². The van der Waals surface area contributed by atoms with Gasteiger partial charge in [0.15, 0.2) is 5.96 Å². The van der Waals surface area contributed by atoms with Crippen molar-refractivity contribution in [2.75, 3.05) is 26.8 Å². The van der Waals surface area contributed by atoms with Crippen LogP contribution in [0.25, 0.3) is 0 Å². The molecule has 0 aliphatic rings. The second kappa shape index (κ2) is 12.6. The first-order valence-electron chi connectivity index (χ1n) is 8.18. The fourth-order valence-electron chi connectivity index (χ4n) is 2.18. The molecule has 0 aliphatic carbocycles. The van der Waals surface area contributed by atoms with Gasteiger partial charge in [0.2, 0.25) is 0 Å². The highest BCUT2D eigenvalue weighted by molar-refractivity contribution is 14.0. The minimum atomic E-state index is 0. The molecule has 0 radical (unpaired) electrons. The van der Waals surface area contributed by atoms with Gasteiger partial charge >= 0.3 is 0 Å². The quantitative estimate of drug-likeness (QED) is 0.259. The third-order valence-corrected chi connectivity index (χ3v) is 3.58. The Morgan fingerprint density at radius 3 is 2.68 bits per heavy atom. The Morgan fingerprint density at radius 1 is 1.20 bits per heavy atom.